The molecule has 0 aliphatic rings. The predicted molar refractivity (Wildman–Crippen MR) is 147 cm³/mol. The van der Waals surface area contributed by atoms with Crippen molar-refractivity contribution in [2.75, 3.05) is 14.2 Å². The minimum absolute atomic E-state index is 0.0435. The minimum atomic E-state index is -5.04. The summed E-state index contributed by atoms with van der Waals surface area (Å²) in [5.74, 6) is -2.52. The number of rotatable bonds is 7. The highest BCUT2D eigenvalue weighted by Crippen LogP contribution is 2.39. The lowest BCUT2D eigenvalue weighted by Gasteiger charge is -2.19. The molecule has 0 saturated carbocycles. The summed E-state index contributed by atoms with van der Waals surface area (Å²) >= 11 is 0. The molecular weight excluding hydrogens is 541 g/mol. The second-order valence-electron chi connectivity index (χ2n) is 9.99. The third-order valence-corrected chi connectivity index (χ3v) is 6.06. The van der Waals surface area contributed by atoms with Crippen LogP contribution in [0.5, 0.6) is 28.7 Å². The Morgan fingerprint density at radius 2 is 1.51 bits per heavy atom. The summed E-state index contributed by atoms with van der Waals surface area (Å²) in [4.78, 5) is 25.5. The van der Waals surface area contributed by atoms with Crippen LogP contribution in [0.15, 0.2) is 76.0 Å². The number of ether oxygens (including phenoxy) is 4. The molecule has 0 bridgehead atoms. The van der Waals surface area contributed by atoms with Crippen LogP contribution >= 0.6 is 0 Å². The molecule has 1 aromatic heterocycles. The first-order chi connectivity index (χ1) is 19.3. The molecule has 3 aromatic carbocycles. The molecule has 4 aromatic rings. The quantitative estimate of drug-likeness (QED) is 0.129. The Labute approximate surface area is 233 Å². The van der Waals surface area contributed by atoms with Crippen molar-refractivity contribution < 1.29 is 41.3 Å². The van der Waals surface area contributed by atoms with Crippen molar-refractivity contribution in [2.24, 2.45) is 0 Å². The zero-order chi connectivity index (χ0) is 29.9. The topological polar surface area (TPSA) is 84.2 Å². The van der Waals surface area contributed by atoms with E-state index < -0.39 is 34.7 Å². The maximum absolute atomic E-state index is 13.9. The second-order valence-corrected chi connectivity index (χ2v) is 9.99. The maximum Gasteiger partial charge on any atom is 0.453 e. The van der Waals surface area contributed by atoms with Gasteiger partial charge in [0, 0.05) is 12.1 Å². The van der Waals surface area contributed by atoms with Gasteiger partial charge in [-0.3, -0.25) is 4.79 Å². The number of carbonyl (C=O) groups excluding carboxylic acids is 1. The predicted octanol–water partition coefficient (Wildman–Crippen LogP) is 7.54. The van der Waals surface area contributed by atoms with E-state index in [-0.39, 0.29) is 22.3 Å². The first-order valence-corrected chi connectivity index (χ1v) is 12.4. The summed E-state index contributed by atoms with van der Waals surface area (Å²) in [6.45, 7) is 5.97. The Morgan fingerprint density at radius 3 is 2.12 bits per heavy atom. The number of fused-ring (bicyclic) bond motifs is 1. The molecule has 214 valence electrons. The normalized spacial score (nSPS) is 12.0. The van der Waals surface area contributed by atoms with Gasteiger partial charge in [-0.2, -0.15) is 13.2 Å². The van der Waals surface area contributed by atoms with Gasteiger partial charge in [0.15, 0.2) is 11.5 Å². The van der Waals surface area contributed by atoms with Gasteiger partial charge in [0.05, 0.1) is 19.6 Å². The van der Waals surface area contributed by atoms with E-state index in [1.54, 1.807) is 30.3 Å². The Morgan fingerprint density at radius 1 is 0.854 bits per heavy atom. The lowest BCUT2D eigenvalue weighted by atomic mass is 9.87. The molecule has 0 aliphatic heterocycles. The standard InChI is InChI=1S/C31H27F3O7/c1-30(2,3)19-8-10-20(11-9-19)40-28-27(36)22-13-12-21(17-24(22)41-29(28)31(32,33)34)39-26(35)15-7-18-6-14-23(37-4)25(16-18)38-5/h6-17H,1-5H3/b15-7+. The van der Waals surface area contributed by atoms with Crippen molar-refractivity contribution in [1.82, 2.24) is 0 Å². The van der Waals surface area contributed by atoms with Crippen LogP contribution in [-0.4, -0.2) is 20.2 Å². The number of hydrogen-bond donors (Lipinski definition) is 0. The van der Waals surface area contributed by atoms with E-state index in [2.05, 4.69) is 0 Å². The van der Waals surface area contributed by atoms with Crippen molar-refractivity contribution in [3.8, 4) is 28.7 Å². The van der Waals surface area contributed by atoms with Crippen LogP contribution in [-0.2, 0) is 16.4 Å². The molecule has 0 fully saturated rings. The first-order valence-electron chi connectivity index (χ1n) is 12.4. The number of halogens is 3. The summed E-state index contributed by atoms with van der Waals surface area (Å²) in [5.41, 5.74) is -0.0825. The average molecular weight is 569 g/mol. The molecule has 0 spiro atoms. The minimum Gasteiger partial charge on any atom is -0.493 e. The Bertz CT molecular complexity index is 1660. The fourth-order valence-electron chi connectivity index (χ4n) is 3.91. The molecule has 0 saturated heterocycles. The van der Waals surface area contributed by atoms with E-state index in [1.807, 2.05) is 20.8 Å². The fourth-order valence-corrected chi connectivity index (χ4v) is 3.91. The van der Waals surface area contributed by atoms with E-state index in [4.69, 9.17) is 23.4 Å². The molecule has 41 heavy (non-hydrogen) atoms. The van der Waals surface area contributed by atoms with Crippen molar-refractivity contribution in [1.29, 1.82) is 0 Å². The number of alkyl halides is 3. The fraction of sp³-hybridized carbons (Fsp3) is 0.226. The van der Waals surface area contributed by atoms with Crippen molar-refractivity contribution in [3.05, 3.63) is 93.9 Å². The summed E-state index contributed by atoms with van der Waals surface area (Å²) in [5, 5.41) is -0.181. The zero-order valence-corrected chi connectivity index (χ0v) is 22.9. The molecule has 10 heteroatoms. The van der Waals surface area contributed by atoms with Crippen LogP contribution < -0.4 is 24.4 Å². The van der Waals surface area contributed by atoms with Crippen LogP contribution in [0.25, 0.3) is 17.0 Å². The molecule has 0 radical (unpaired) electrons. The second kappa shape index (κ2) is 11.4. The molecule has 7 nitrogen and oxygen atoms in total. The van der Waals surface area contributed by atoms with Gasteiger partial charge in [-0.05, 0) is 59.0 Å². The lowest BCUT2D eigenvalue weighted by Crippen LogP contribution is -2.16. The number of hydrogen-bond acceptors (Lipinski definition) is 7. The number of benzene rings is 3. The summed E-state index contributed by atoms with van der Waals surface area (Å²) in [6, 6.07) is 14.9. The Hall–Kier alpha value is -4.73. The lowest BCUT2D eigenvalue weighted by molar-refractivity contribution is -0.154. The molecule has 0 unspecified atom stereocenters. The Balaban J connectivity index is 1.61. The Kier molecular flexibility index (Phi) is 8.14. The zero-order valence-electron chi connectivity index (χ0n) is 22.9. The van der Waals surface area contributed by atoms with E-state index in [9.17, 15) is 22.8 Å². The molecule has 0 amide bonds. The van der Waals surface area contributed by atoms with Crippen molar-refractivity contribution in [2.45, 2.75) is 32.4 Å². The SMILES string of the molecule is COc1ccc(/C=C/C(=O)Oc2ccc3c(=O)c(Oc4ccc(C(C)(C)C)cc4)c(C(F)(F)F)oc3c2)cc1OC. The largest absolute Gasteiger partial charge is 0.493 e. The monoisotopic (exact) mass is 568 g/mol. The third kappa shape index (κ3) is 6.71. The first kappa shape index (κ1) is 29.3. The van der Waals surface area contributed by atoms with Gasteiger partial charge < -0.3 is 23.4 Å². The molecule has 0 atom stereocenters. The van der Waals surface area contributed by atoms with Crippen LogP contribution in [0, 0.1) is 0 Å². The van der Waals surface area contributed by atoms with Gasteiger partial charge in [-0.1, -0.05) is 39.0 Å². The maximum atomic E-state index is 13.9. The van der Waals surface area contributed by atoms with Gasteiger partial charge in [0.1, 0.15) is 17.1 Å². The van der Waals surface area contributed by atoms with Crippen molar-refractivity contribution in [3.63, 3.8) is 0 Å². The molecule has 4 rings (SSSR count). The van der Waals surface area contributed by atoms with Crippen LogP contribution in [0.2, 0.25) is 0 Å². The smallest absolute Gasteiger partial charge is 0.453 e. The van der Waals surface area contributed by atoms with Crippen molar-refractivity contribution >= 4 is 23.0 Å². The average Bonchev–Trinajstić information content (AvgIpc) is 2.92. The van der Waals surface area contributed by atoms with Gasteiger partial charge in [-0.25, -0.2) is 4.79 Å². The van der Waals surface area contributed by atoms with Gasteiger partial charge in [0.25, 0.3) is 5.76 Å². The van der Waals surface area contributed by atoms with E-state index in [0.29, 0.717) is 17.1 Å². The molecule has 0 aliphatic carbocycles. The summed E-state index contributed by atoms with van der Waals surface area (Å²) < 4.78 is 67.9. The van der Waals surface area contributed by atoms with Gasteiger partial charge >= 0.3 is 12.1 Å². The highest BCUT2D eigenvalue weighted by molar-refractivity contribution is 5.89. The molecular formula is C31H27F3O7. The van der Waals surface area contributed by atoms with E-state index in [1.165, 1.54) is 44.6 Å². The highest BCUT2D eigenvalue weighted by atomic mass is 19.4. The van der Waals surface area contributed by atoms with Gasteiger partial charge in [-0.15, -0.1) is 0 Å². The third-order valence-electron chi connectivity index (χ3n) is 6.06. The molecule has 1 heterocycles. The van der Waals surface area contributed by atoms with Gasteiger partial charge in [0.2, 0.25) is 11.2 Å². The van der Waals surface area contributed by atoms with E-state index in [0.717, 1.165) is 17.7 Å². The van der Waals surface area contributed by atoms with E-state index >= 15 is 0 Å². The van der Waals surface area contributed by atoms with Crippen LogP contribution in [0.3, 0.4) is 0 Å². The van der Waals surface area contributed by atoms with Crippen LogP contribution in [0.1, 0.15) is 37.7 Å². The number of methoxy groups -OCH3 is 2. The summed E-state index contributed by atoms with van der Waals surface area (Å²) in [7, 11) is 2.97. The summed E-state index contributed by atoms with van der Waals surface area (Å²) in [6.07, 6.45) is -2.45. The number of carbonyl (C=O) groups is 1. The molecule has 0 N–H and O–H groups in total. The highest BCUT2D eigenvalue weighted by Gasteiger charge is 2.40. The number of esters is 1. The van der Waals surface area contributed by atoms with Crippen LogP contribution in [0.4, 0.5) is 13.2 Å².